The maximum Gasteiger partial charge on any atom is 0.374 e. The first-order chi connectivity index (χ1) is 9.10. The topological polar surface area (TPSA) is 62.9 Å². The molecule has 1 aliphatic heterocycles. The predicted molar refractivity (Wildman–Crippen MR) is 69.7 cm³/mol. The minimum atomic E-state index is -0.430. The van der Waals surface area contributed by atoms with Crippen molar-refractivity contribution in [2.24, 2.45) is 5.92 Å². The second-order valence-corrected chi connectivity index (χ2v) is 5.05. The van der Waals surface area contributed by atoms with Gasteiger partial charge in [0.15, 0.2) is 0 Å². The molecule has 2 rings (SSSR count). The number of hydrogen-bond donors (Lipinski definition) is 1. The van der Waals surface area contributed by atoms with Crippen LogP contribution in [0.2, 0.25) is 0 Å². The van der Waals surface area contributed by atoms with E-state index in [1.165, 1.54) is 0 Å². The number of piperidine rings is 1. The second-order valence-electron chi connectivity index (χ2n) is 5.05. The fourth-order valence-electron chi connectivity index (χ4n) is 2.25. The van der Waals surface area contributed by atoms with E-state index in [9.17, 15) is 9.90 Å². The van der Waals surface area contributed by atoms with Gasteiger partial charge in [-0.2, -0.15) is 0 Å². The number of β-amino-alcohol motifs (C(OH)–C–C–N with tert-alkyl or cyclic N) is 1. The Morgan fingerprint density at radius 2 is 2.37 bits per heavy atom. The molecule has 19 heavy (non-hydrogen) atoms. The SMILES string of the molecule is CCOC(=O)c1ccc(CN2CCC(C)C(O)C2)o1. The lowest BCUT2D eigenvalue weighted by atomic mass is 9.96. The molecule has 0 radical (unpaired) electrons. The van der Waals surface area contributed by atoms with E-state index in [1.807, 2.05) is 0 Å². The Hall–Kier alpha value is -1.33. The Bertz CT molecular complexity index is 429. The van der Waals surface area contributed by atoms with Crippen molar-refractivity contribution in [2.45, 2.75) is 32.9 Å². The summed E-state index contributed by atoms with van der Waals surface area (Å²) in [7, 11) is 0. The van der Waals surface area contributed by atoms with Gasteiger partial charge in [-0.15, -0.1) is 0 Å². The van der Waals surface area contributed by atoms with Crippen molar-refractivity contribution < 1.29 is 19.1 Å². The third kappa shape index (κ3) is 3.58. The van der Waals surface area contributed by atoms with E-state index >= 15 is 0 Å². The largest absolute Gasteiger partial charge is 0.460 e. The zero-order chi connectivity index (χ0) is 13.8. The van der Waals surface area contributed by atoms with E-state index < -0.39 is 5.97 Å². The highest BCUT2D eigenvalue weighted by Gasteiger charge is 2.25. The third-order valence-electron chi connectivity index (χ3n) is 3.52. The molecule has 0 aromatic carbocycles. The molecule has 1 aromatic rings. The molecular weight excluding hydrogens is 246 g/mol. The monoisotopic (exact) mass is 267 g/mol. The molecule has 106 valence electrons. The highest BCUT2D eigenvalue weighted by molar-refractivity contribution is 5.86. The van der Waals surface area contributed by atoms with Gasteiger partial charge < -0.3 is 14.3 Å². The van der Waals surface area contributed by atoms with Gasteiger partial charge in [0, 0.05) is 6.54 Å². The van der Waals surface area contributed by atoms with Gasteiger partial charge in [0.1, 0.15) is 5.76 Å². The Labute approximate surface area is 113 Å². The summed E-state index contributed by atoms with van der Waals surface area (Å²) in [5.74, 6) is 0.886. The molecule has 1 fully saturated rings. The maximum atomic E-state index is 11.5. The molecule has 0 aliphatic carbocycles. The van der Waals surface area contributed by atoms with Crippen molar-refractivity contribution in [3.63, 3.8) is 0 Å². The second kappa shape index (κ2) is 6.21. The van der Waals surface area contributed by atoms with Crippen molar-refractivity contribution >= 4 is 5.97 Å². The van der Waals surface area contributed by atoms with Crippen LogP contribution in [-0.4, -0.2) is 41.8 Å². The summed E-state index contributed by atoms with van der Waals surface area (Å²) in [5, 5.41) is 9.84. The molecule has 0 saturated carbocycles. The fourth-order valence-corrected chi connectivity index (χ4v) is 2.25. The number of esters is 1. The zero-order valence-electron chi connectivity index (χ0n) is 11.5. The minimum Gasteiger partial charge on any atom is -0.460 e. The van der Waals surface area contributed by atoms with Crippen molar-refractivity contribution in [3.05, 3.63) is 23.7 Å². The molecule has 2 unspecified atom stereocenters. The smallest absolute Gasteiger partial charge is 0.374 e. The molecule has 0 amide bonds. The lowest BCUT2D eigenvalue weighted by Crippen LogP contribution is -2.42. The first kappa shape index (κ1) is 14.1. The van der Waals surface area contributed by atoms with Gasteiger partial charge in [-0.3, -0.25) is 4.90 Å². The molecule has 2 heterocycles. The van der Waals surface area contributed by atoms with Crippen LogP contribution in [0, 0.1) is 5.92 Å². The minimum absolute atomic E-state index is 0.239. The molecule has 5 heteroatoms. The quantitative estimate of drug-likeness (QED) is 0.841. The number of carbonyl (C=O) groups is 1. The predicted octanol–water partition coefficient (Wildman–Crippen LogP) is 1.66. The van der Waals surface area contributed by atoms with Gasteiger partial charge in [-0.25, -0.2) is 4.79 Å². The van der Waals surface area contributed by atoms with Crippen LogP contribution in [0.5, 0.6) is 0 Å². The Morgan fingerprint density at radius 3 is 3.05 bits per heavy atom. The van der Waals surface area contributed by atoms with Gasteiger partial charge in [0.25, 0.3) is 0 Å². The summed E-state index contributed by atoms with van der Waals surface area (Å²) in [4.78, 5) is 13.6. The number of aliphatic hydroxyl groups excluding tert-OH is 1. The van der Waals surface area contributed by atoms with Crippen molar-refractivity contribution in [1.82, 2.24) is 4.90 Å². The molecular formula is C14H21NO4. The van der Waals surface area contributed by atoms with E-state index in [1.54, 1.807) is 19.1 Å². The maximum absolute atomic E-state index is 11.5. The summed E-state index contributed by atoms with van der Waals surface area (Å²) < 4.78 is 10.3. The zero-order valence-corrected chi connectivity index (χ0v) is 11.5. The van der Waals surface area contributed by atoms with Crippen LogP contribution in [-0.2, 0) is 11.3 Å². The average Bonchev–Trinajstić information content (AvgIpc) is 2.83. The first-order valence-electron chi connectivity index (χ1n) is 6.76. The summed E-state index contributed by atoms with van der Waals surface area (Å²) in [6, 6.07) is 3.42. The number of aliphatic hydroxyl groups is 1. The summed E-state index contributed by atoms with van der Waals surface area (Å²) in [6.45, 7) is 6.37. The lowest BCUT2D eigenvalue weighted by Gasteiger charge is -2.33. The number of ether oxygens (including phenoxy) is 1. The van der Waals surface area contributed by atoms with E-state index in [4.69, 9.17) is 9.15 Å². The molecule has 1 aromatic heterocycles. The van der Waals surface area contributed by atoms with Gasteiger partial charge in [-0.05, 0) is 37.9 Å². The number of nitrogens with zero attached hydrogens (tertiary/aromatic N) is 1. The standard InChI is InChI=1S/C14H21NO4/c1-3-18-14(17)13-5-4-11(19-13)8-15-7-6-10(2)12(16)9-15/h4-5,10,12,16H,3,6-9H2,1-2H3. The Morgan fingerprint density at radius 1 is 1.58 bits per heavy atom. The molecule has 5 nitrogen and oxygen atoms in total. The van der Waals surface area contributed by atoms with Gasteiger partial charge >= 0.3 is 5.97 Å². The van der Waals surface area contributed by atoms with Crippen LogP contribution in [0.3, 0.4) is 0 Å². The van der Waals surface area contributed by atoms with Crippen LogP contribution in [0.1, 0.15) is 36.6 Å². The van der Waals surface area contributed by atoms with E-state index in [0.29, 0.717) is 25.6 Å². The highest BCUT2D eigenvalue weighted by atomic mass is 16.5. The summed E-state index contributed by atoms with van der Waals surface area (Å²) >= 11 is 0. The van der Waals surface area contributed by atoms with Crippen LogP contribution in [0.25, 0.3) is 0 Å². The molecule has 0 bridgehead atoms. The summed E-state index contributed by atoms with van der Waals surface area (Å²) in [5.41, 5.74) is 0. The van der Waals surface area contributed by atoms with Gasteiger partial charge in [0.05, 0.1) is 19.3 Å². The Balaban J connectivity index is 1.91. The third-order valence-corrected chi connectivity index (χ3v) is 3.52. The summed E-state index contributed by atoms with van der Waals surface area (Å²) in [6.07, 6.45) is 0.695. The normalized spacial score (nSPS) is 24.4. The highest BCUT2D eigenvalue weighted by Crippen LogP contribution is 2.20. The number of rotatable bonds is 4. The number of furan rings is 1. The van der Waals surface area contributed by atoms with Crippen LogP contribution in [0.15, 0.2) is 16.5 Å². The van der Waals surface area contributed by atoms with Crippen LogP contribution < -0.4 is 0 Å². The van der Waals surface area contributed by atoms with Crippen LogP contribution >= 0.6 is 0 Å². The average molecular weight is 267 g/mol. The van der Waals surface area contributed by atoms with E-state index in [0.717, 1.165) is 18.7 Å². The van der Waals surface area contributed by atoms with Gasteiger partial charge in [0.2, 0.25) is 5.76 Å². The van der Waals surface area contributed by atoms with E-state index in [2.05, 4.69) is 11.8 Å². The fraction of sp³-hybridized carbons (Fsp3) is 0.643. The Kier molecular flexibility index (Phi) is 4.61. The lowest BCUT2D eigenvalue weighted by molar-refractivity contribution is 0.0228. The molecule has 1 N–H and O–H groups in total. The van der Waals surface area contributed by atoms with Crippen molar-refractivity contribution in [1.29, 1.82) is 0 Å². The molecule has 1 aliphatic rings. The van der Waals surface area contributed by atoms with Crippen molar-refractivity contribution in [3.8, 4) is 0 Å². The van der Waals surface area contributed by atoms with E-state index in [-0.39, 0.29) is 11.9 Å². The number of hydrogen-bond acceptors (Lipinski definition) is 5. The molecule has 2 atom stereocenters. The number of carbonyl (C=O) groups excluding carboxylic acids is 1. The first-order valence-corrected chi connectivity index (χ1v) is 6.76. The van der Waals surface area contributed by atoms with Crippen LogP contribution in [0.4, 0.5) is 0 Å². The van der Waals surface area contributed by atoms with Gasteiger partial charge in [-0.1, -0.05) is 6.92 Å². The molecule has 1 saturated heterocycles. The molecule has 0 spiro atoms. The van der Waals surface area contributed by atoms with Crippen molar-refractivity contribution in [2.75, 3.05) is 19.7 Å². The number of likely N-dealkylation sites (tertiary alicyclic amines) is 1.